The molecule has 2 rings (SSSR count). The van der Waals surface area contributed by atoms with Gasteiger partial charge in [-0.25, -0.2) is 5.16 Å². The molecule has 0 amide bonds. The van der Waals surface area contributed by atoms with Gasteiger partial charge in [0, 0.05) is 12.5 Å². The summed E-state index contributed by atoms with van der Waals surface area (Å²) in [7, 11) is 0. The van der Waals surface area contributed by atoms with Gasteiger partial charge in [-0.05, 0) is 36.9 Å². The molecule has 1 aliphatic carbocycles. The van der Waals surface area contributed by atoms with Crippen LogP contribution in [0.2, 0.25) is 0 Å². The van der Waals surface area contributed by atoms with E-state index in [4.69, 9.17) is 22.5 Å². The van der Waals surface area contributed by atoms with E-state index in [9.17, 15) is 0 Å². The summed E-state index contributed by atoms with van der Waals surface area (Å²) in [5, 5.41) is 2.78. The summed E-state index contributed by atoms with van der Waals surface area (Å²) in [6.45, 7) is 2.90. The number of nitrogens with one attached hydrogen (secondary N) is 1. The summed E-state index contributed by atoms with van der Waals surface area (Å²) in [6.07, 6.45) is 3.76. The van der Waals surface area contributed by atoms with E-state index in [1.165, 1.54) is 19.3 Å². The minimum absolute atomic E-state index is 0.273. The Bertz CT molecular complexity index is 373. The van der Waals surface area contributed by atoms with Crippen molar-refractivity contribution >= 4 is 12.2 Å². The number of aromatic nitrogens is 2. The summed E-state index contributed by atoms with van der Waals surface area (Å²) in [4.78, 5) is 4.44. The van der Waals surface area contributed by atoms with Gasteiger partial charge in [-0.1, -0.05) is 13.3 Å². The highest BCUT2D eigenvalue weighted by atomic mass is 32.1. The smallest absolute Gasteiger partial charge is 0.314 e. The highest BCUT2D eigenvalue weighted by Gasteiger charge is 2.30. The number of hydrogen-bond acceptors (Lipinski definition) is 4. The highest BCUT2D eigenvalue weighted by Crippen LogP contribution is 2.38. The van der Waals surface area contributed by atoms with Crippen LogP contribution in [0, 0.1) is 16.7 Å². The van der Waals surface area contributed by atoms with Gasteiger partial charge in [-0.3, -0.25) is 0 Å². The van der Waals surface area contributed by atoms with E-state index in [2.05, 4.69) is 17.1 Å². The van der Waals surface area contributed by atoms with Crippen LogP contribution in [0.15, 0.2) is 4.52 Å². The van der Waals surface area contributed by atoms with E-state index >= 15 is 0 Å². The van der Waals surface area contributed by atoms with Crippen molar-refractivity contribution < 1.29 is 4.52 Å². The summed E-state index contributed by atoms with van der Waals surface area (Å²) < 4.78 is 4.96. The second-order valence-electron chi connectivity index (χ2n) is 4.49. The fourth-order valence-electron chi connectivity index (χ4n) is 2.54. The van der Waals surface area contributed by atoms with Gasteiger partial charge in [-0.2, -0.15) is 4.98 Å². The fraction of sp³-hybridized carbons (Fsp3) is 0.800. The van der Waals surface area contributed by atoms with Gasteiger partial charge >= 0.3 is 4.84 Å². The van der Waals surface area contributed by atoms with Crippen LogP contribution >= 0.6 is 12.2 Å². The van der Waals surface area contributed by atoms with Crippen LogP contribution in [0.4, 0.5) is 0 Å². The topological polar surface area (TPSA) is 67.8 Å². The number of aromatic amines is 1. The minimum atomic E-state index is 0.273. The maximum Gasteiger partial charge on any atom is 0.314 e. The standard InChI is InChI=1S/C10H17N3OS/c1-6-2-3-7(4-6)8(5-11)9-12-10(15)14-13-9/h6-8H,2-5,11H2,1H3,(H,12,13,15)/t6-,7+,8-/m0/s1. The number of nitrogens with two attached hydrogens (primary N) is 1. The molecule has 1 aromatic heterocycles. The number of nitrogens with zero attached hydrogens (tertiary/aromatic N) is 1. The number of H-pyrrole nitrogens is 1. The van der Waals surface area contributed by atoms with Crippen LogP contribution in [-0.2, 0) is 0 Å². The Morgan fingerprint density at radius 1 is 1.67 bits per heavy atom. The highest BCUT2D eigenvalue weighted by molar-refractivity contribution is 7.71. The van der Waals surface area contributed by atoms with Gasteiger partial charge in [0.1, 0.15) is 5.82 Å². The van der Waals surface area contributed by atoms with E-state index in [0.29, 0.717) is 12.5 Å². The second kappa shape index (κ2) is 4.45. The van der Waals surface area contributed by atoms with Crippen LogP contribution in [0.25, 0.3) is 0 Å². The zero-order valence-electron chi connectivity index (χ0n) is 8.90. The third-order valence-electron chi connectivity index (χ3n) is 3.36. The Morgan fingerprint density at radius 2 is 2.47 bits per heavy atom. The quantitative estimate of drug-likeness (QED) is 0.777. The van der Waals surface area contributed by atoms with Crippen molar-refractivity contribution in [2.24, 2.45) is 17.6 Å². The molecule has 5 heteroatoms. The van der Waals surface area contributed by atoms with E-state index < -0.39 is 0 Å². The largest absolute Gasteiger partial charge is 0.348 e. The second-order valence-corrected chi connectivity index (χ2v) is 4.84. The summed E-state index contributed by atoms with van der Waals surface area (Å²) in [6, 6.07) is 0. The molecule has 0 spiro atoms. The molecule has 1 aromatic rings. The lowest BCUT2D eigenvalue weighted by Gasteiger charge is -2.18. The van der Waals surface area contributed by atoms with E-state index in [1.807, 2.05) is 0 Å². The zero-order valence-corrected chi connectivity index (χ0v) is 9.72. The van der Waals surface area contributed by atoms with E-state index in [0.717, 1.165) is 11.7 Å². The zero-order chi connectivity index (χ0) is 10.8. The maximum atomic E-state index is 5.80. The van der Waals surface area contributed by atoms with Crippen molar-refractivity contribution in [1.29, 1.82) is 0 Å². The third kappa shape index (κ3) is 2.29. The van der Waals surface area contributed by atoms with Crippen LogP contribution in [0.5, 0.6) is 0 Å². The van der Waals surface area contributed by atoms with Gasteiger partial charge in [0.15, 0.2) is 0 Å². The molecule has 0 radical (unpaired) electrons. The number of hydrogen-bond donors (Lipinski definition) is 2. The molecule has 15 heavy (non-hydrogen) atoms. The molecule has 3 N–H and O–H groups in total. The van der Waals surface area contributed by atoms with Gasteiger partial charge in [0.25, 0.3) is 0 Å². The lowest BCUT2D eigenvalue weighted by atomic mass is 9.89. The molecule has 84 valence electrons. The Kier molecular flexibility index (Phi) is 3.21. The van der Waals surface area contributed by atoms with Crippen molar-refractivity contribution in [3.8, 4) is 0 Å². The summed E-state index contributed by atoms with van der Waals surface area (Å²) in [5.74, 6) is 2.52. The molecule has 0 saturated heterocycles. The molecule has 0 aromatic carbocycles. The molecular formula is C10H17N3OS. The lowest BCUT2D eigenvalue weighted by molar-refractivity contribution is 0.365. The molecule has 4 nitrogen and oxygen atoms in total. The summed E-state index contributed by atoms with van der Waals surface area (Å²) in [5.41, 5.74) is 5.80. The monoisotopic (exact) mass is 227 g/mol. The maximum absolute atomic E-state index is 5.80. The molecule has 3 atom stereocenters. The first-order valence-electron chi connectivity index (χ1n) is 5.46. The average molecular weight is 227 g/mol. The minimum Gasteiger partial charge on any atom is -0.348 e. The van der Waals surface area contributed by atoms with Crippen LogP contribution in [0.3, 0.4) is 0 Å². The molecule has 1 heterocycles. The molecule has 0 aliphatic heterocycles. The van der Waals surface area contributed by atoms with Crippen LogP contribution in [0.1, 0.15) is 37.9 Å². The van der Waals surface area contributed by atoms with Crippen LogP contribution < -0.4 is 5.73 Å². The van der Waals surface area contributed by atoms with E-state index in [-0.39, 0.29) is 10.8 Å². The molecule has 0 bridgehead atoms. The SMILES string of the molecule is C[C@H]1CC[C@@H]([C@H](CN)c2nc(=S)o[nH]2)C1. The Labute approximate surface area is 94.2 Å². The first-order chi connectivity index (χ1) is 7.20. The first-order valence-corrected chi connectivity index (χ1v) is 5.87. The Hall–Kier alpha value is -0.680. The lowest BCUT2D eigenvalue weighted by Crippen LogP contribution is -2.21. The Morgan fingerprint density at radius 3 is 2.93 bits per heavy atom. The summed E-state index contributed by atoms with van der Waals surface area (Å²) >= 11 is 4.85. The third-order valence-corrected chi connectivity index (χ3v) is 3.54. The van der Waals surface area contributed by atoms with Gasteiger partial charge in [0.05, 0.1) is 0 Å². The van der Waals surface area contributed by atoms with Gasteiger partial charge in [0.2, 0.25) is 0 Å². The van der Waals surface area contributed by atoms with Crippen molar-refractivity contribution in [1.82, 2.24) is 10.1 Å². The van der Waals surface area contributed by atoms with Crippen molar-refractivity contribution in [3.63, 3.8) is 0 Å². The van der Waals surface area contributed by atoms with E-state index in [1.54, 1.807) is 0 Å². The predicted molar refractivity (Wildman–Crippen MR) is 60.0 cm³/mol. The average Bonchev–Trinajstić information content (AvgIpc) is 2.78. The molecule has 0 unspecified atom stereocenters. The molecular weight excluding hydrogens is 210 g/mol. The van der Waals surface area contributed by atoms with Crippen molar-refractivity contribution in [2.75, 3.05) is 6.54 Å². The fourth-order valence-corrected chi connectivity index (χ4v) is 2.68. The normalized spacial score (nSPS) is 28.1. The first kappa shape index (κ1) is 10.8. The van der Waals surface area contributed by atoms with Crippen LogP contribution in [-0.4, -0.2) is 16.7 Å². The van der Waals surface area contributed by atoms with Gasteiger partial charge in [-0.15, -0.1) is 0 Å². The van der Waals surface area contributed by atoms with Gasteiger partial charge < -0.3 is 10.3 Å². The number of rotatable bonds is 3. The predicted octanol–water partition coefficient (Wildman–Crippen LogP) is 2.21. The van der Waals surface area contributed by atoms with Crippen molar-refractivity contribution in [3.05, 3.63) is 10.7 Å². The molecule has 1 aliphatic rings. The molecule has 1 saturated carbocycles. The molecule has 1 fully saturated rings. The van der Waals surface area contributed by atoms with Crippen molar-refractivity contribution in [2.45, 2.75) is 32.1 Å². The Balaban J connectivity index is 2.13.